The maximum absolute atomic E-state index is 11.7. The van der Waals surface area contributed by atoms with E-state index < -0.39 is 0 Å². The molecule has 0 bridgehead atoms. The van der Waals surface area contributed by atoms with Crippen molar-refractivity contribution in [2.45, 2.75) is 0 Å². The van der Waals surface area contributed by atoms with Gasteiger partial charge in [0.25, 0.3) is 5.91 Å². The van der Waals surface area contributed by atoms with Crippen molar-refractivity contribution in [2.75, 3.05) is 5.32 Å². The molecule has 3 heterocycles. The second kappa shape index (κ2) is 5.83. The summed E-state index contributed by atoms with van der Waals surface area (Å²) >= 11 is 0. The molecule has 0 unspecified atom stereocenters. The number of nitrogens with one attached hydrogen (secondary N) is 2. The molecule has 0 radical (unpaired) electrons. The number of furan rings is 1. The van der Waals surface area contributed by atoms with Crippen LogP contribution in [-0.2, 0) is 4.79 Å². The number of rotatable bonds is 4. The van der Waals surface area contributed by atoms with E-state index in [-0.39, 0.29) is 11.9 Å². The first kappa shape index (κ1) is 12.8. The fraction of sp³-hybridized carbons (Fsp3) is 0. The highest BCUT2D eigenvalue weighted by atomic mass is 16.3. The van der Waals surface area contributed by atoms with Crippen LogP contribution in [0.5, 0.6) is 0 Å². The van der Waals surface area contributed by atoms with Crippen LogP contribution < -0.4 is 5.32 Å². The van der Waals surface area contributed by atoms with Gasteiger partial charge in [-0.1, -0.05) is 6.07 Å². The Labute approximate surface area is 119 Å². The zero-order chi connectivity index (χ0) is 14.5. The molecule has 7 nitrogen and oxygen atoms in total. The lowest BCUT2D eigenvalue weighted by atomic mass is 10.3. The van der Waals surface area contributed by atoms with Crippen molar-refractivity contribution in [2.24, 2.45) is 0 Å². The number of nitrogens with zero attached hydrogens (tertiary/aromatic N) is 3. The largest absolute Gasteiger partial charge is 0.465 e. The van der Waals surface area contributed by atoms with Crippen molar-refractivity contribution in [3.05, 3.63) is 54.6 Å². The maximum Gasteiger partial charge on any atom is 0.250 e. The third-order valence-corrected chi connectivity index (χ3v) is 2.57. The van der Waals surface area contributed by atoms with Crippen LogP contribution >= 0.6 is 0 Å². The van der Waals surface area contributed by atoms with Gasteiger partial charge in [0.15, 0.2) is 5.82 Å². The summed E-state index contributed by atoms with van der Waals surface area (Å²) in [7, 11) is 0. The summed E-state index contributed by atoms with van der Waals surface area (Å²) < 4.78 is 5.08. The molecule has 0 fully saturated rings. The van der Waals surface area contributed by atoms with Crippen LogP contribution in [0.15, 0.2) is 53.3 Å². The van der Waals surface area contributed by atoms with Crippen LogP contribution in [0.1, 0.15) is 5.76 Å². The number of H-pyrrole nitrogens is 1. The van der Waals surface area contributed by atoms with Gasteiger partial charge >= 0.3 is 0 Å². The number of hydrogen-bond donors (Lipinski definition) is 2. The van der Waals surface area contributed by atoms with Crippen molar-refractivity contribution in [1.29, 1.82) is 0 Å². The molecule has 3 rings (SSSR count). The van der Waals surface area contributed by atoms with Gasteiger partial charge in [-0.3, -0.25) is 20.2 Å². The van der Waals surface area contributed by atoms with Crippen molar-refractivity contribution in [3.8, 4) is 11.5 Å². The zero-order valence-electron chi connectivity index (χ0n) is 10.9. The second-order valence-corrected chi connectivity index (χ2v) is 4.06. The Morgan fingerprint density at radius 2 is 2.24 bits per heavy atom. The maximum atomic E-state index is 11.7. The monoisotopic (exact) mass is 281 g/mol. The number of carbonyl (C=O) groups excluding carboxylic acids is 1. The minimum atomic E-state index is -0.349. The van der Waals surface area contributed by atoms with Gasteiger partial charge in [0.2, 0.25) is 5.95 Å². The summed E-state index contributed by atoms with van der Waals surface area (Å²) in [5, 5.41) is 9.17. The molecule has 2 N–H and O–H groups in total. The molecule has 3 aromatic rings. The SMILES string of the molecule is O=C(/C=C/c1ccco1)Nc1n[nH]c(-c2ccccn2)n1. The van der Waals surface area contributed by atoms with E-state index in [4.69, 9.17) is 4.42 Å². The lowest BCUT2D eigenvalue weighted by Gasteiger charge is -1.94. The number of aromatic nitrogens is 4. The van der Waals surface area contributed by atoms with Gasteiger partial charge in [0.1, 0.15) is 11.5 Å². The summed E-state index contributed by atoms with van der Waals surface area (Å²) in [5.41, 5.74) is 0.650. The molecule has 0 aliphatic rings. The predicted molar refractivity (Wildman–Crippen MR) is 76.0 cm³/mol. The topological polar surface area (TPSA) is 96.7 Å². The van der Waals surface area contributed by atoms with Gasteiger partial charge in [-0.15, -0.1) is 5.10 Å². The lowest BCUT2D eigenvalue weighted by molar-refractivity contribution is -0.111. The predicted octanol–water partition coefficient (Wildman–Crippen LogP) is 2.11. The molecule has 0 aliphatic carbocycles. The Hall–Kier alpha value is -3.22. The molecule has 7 heteroatoms. The Kier molecular flexibility index (Phi) is 3.55. The minimum Gasteiger partial charge on any atom is -0.465 e. The van der Waals surface area contributed by atoms with Crippen LogP contribution in [0.25, 0.3) is 17.6 Å². The Morgan fingerprint density at radius 1 is 1.29 bits per heavy atom. The average Bonchev–Trinajstić information content (AvgIpc) is 3.17. The van der Waals surface area contributed by atoms with Crippen LogP contribution in [0.4, 0.5) is 5.95 Å². The van der Waals surface area contributed by atoms with Crippen molar-refractivity contribution < 1.29 is 9.21 Å². The van der Waals surface area contributed by atoms with Gasteiger partial charge in [-0.05, 0) is 30.3 Å². The van der Waals surface area contributed by atoms with E-state index in [0.717, 1.165) is 0 Å². The van der Waals surface area contributed by atoms with Crippen LogP contribution in [-0.4, -0.2) is 26.1 Å². The number of amides is 1. The molecule has 21 heavy (non-hydrogen) atoms. The van der Waals surface area contributed by atoms with Gasteiger partial charge in [0, 0.05) is 12.3 Å². The molecular formula is C14H11N5O2. The molecule has 0 saturated heterocycles. The summed E-state index contributed by atoms with van der Waals surface area (Å²) in [6, 6.07) is 8.93. The van der Waals surface area contributed by atoms with E-state index in [0.29, 0.717) is 17.3 Å². The normalized spacial score (nSPS) is 10.9. The molecule has 0 aromatic carbocycles. The highest BCUT2D eigenvalue weighted by Gasteiger charge is 2.07. The number of hydrogen-bond acceptors (Lipinski definition) is 5. The summed E-state index contributed by atoms with van der Waals surface area (Å²) in [6.45, 7) is 0. The standard InChI is InChI=1S/C14H11N5O2/c20-12(7-6-10-4-3-9-21-10)16-14-17-13(18-19-14)11-5-1-2-8-15-11/h1-9H,(H2,16,17,18,19,20)/b7-6+. The van der Waals surface area contributed by atoms with E-state index in [1.54, 1.807) is 30.5 Å². The van der Waals surface area contributed by atoms with Crippen LogP contribution in [0.3, 0.4) is 0 Å². The molecule has 3 aromatic heterocycles. The number of pyridine rings is 1. The lowest BCUT2D eigenvalue weighted by Crippen LogP contribution is -2.09. The third-order valence-electron chi connectivity index (χ3n) is 2.57. The van der Waals surface area contributed by atoms with Crippen LogP contribution in [0.2, 0.25) is 0 Å². The van der Waals surface area contributed by atoms with Gasteiger partial charge in [0.05, 0.1) is 6.26 Å². The Balaban J connectivity index is 1.66. The van der Waals surface area contributed by atoms with Crippen LogP contribution in [0, 0.1) is 0 Å². The third kappa shape index (κ3) is 3.21. The fourth-order valence-electron chi connectivity index (χ4n) is 1.63. The van der Waals surface area contributed by atoms with Gasteiger partial charge < -0.3 is 4.42 Å². The summed E-state index contributed by atoms with van der Waals surface area (Å²) in [4.78, 5) is 20.0. The van der Waals surface area contributed by atoms with E-state index in [9.17, 15) is 4.79 Å². The van der Waals surface area contributed by atoms with E-state index in [1.807, 2.05) is 12.1 Å². The fourth-order valence-corrected chi connectivity index (χ4v) is 1.63. The smallest absolute Gasteiger partial charge is 0.250 e. The van der Waals surface area contributed by atoms with Gasteiger partial charge in [-0.2, -0.15) is 4.98 Å². The van der Waals surface area contributed by atoms with Crippen molar-refractivity contribution in [1.82, 2.24) is 20.2 Å². The Morgan fingerprint density at radius 3 is 3.00 bits per heavy atom. The summed E-state index contributed by atoms with van der Waals surface area (Å²) in [5.74, 6) is 0.915. The first-order valence-corrected chi connectivity index (χ1v) is 6.17. The van der Waals surface area contributed by atoms with E-state index in [2.05, 4.69) is 25.5 Å². The van der Waals surface area contributed by atoms with E-state index >= 15 is 0 Å². The summed E-state index contributed by atoms with van der Waals surface area (Å²) in [6.07, 6.45) is 6.09. The van der Waals surface area contributed by atoms with Crippen molar-refractivity contribution >= 4 is 17.9 Å². The molecule has 0 atom stereocenters. The van der Waals surface area contributed by atoms with E-state index in [1.165, 1.54) is 12.3 Å². The first-order chi connectivity index (χ1) is 10.3. The highest BCUT2D eigenvalue weighted by Crippen LogP contribution is 2.12. The highest BCUT2D eigenvalue weighted by molar-refractivity contribution is 6.00. The minimum absolute atomic E-state index is 0.185. The quantitative estimate of drug-likeness (QED) is 0.714. The molecule has 1 amide bonds. The van der Waals surface area contributed by atoms with Gasteiger partial charge in [-0.25, -0.2) is 0 Å². The number of aromatic amines is 1. The molecule has 0 saturated carbocycles. The molecule has 0 spiro atoms. The number of carbonyl (C=O) groups is 1. The first-order valence-electron chi connectivity index (χ1n) is 6.17. The zero-order valence-corrected chi connectivity index (χ0v) is 10.9. The second-order valence-electron chi connectivity index (χ2n) is 4.06. The number of anilines is 1. The molecule has 0 aliphatic heterocycles. The Bertz CT molecular complexity index is 747. The van der Waals surface area contributed by atoms with Crippen molar-refractivity contribution in [3.63, 3.8) is 0 Å². The average molecular weight is 281 g/mol. The molecular weight excluding hydrogens is 270 g/mol. The molecule has 104 valence electrons.